The molecule has 0 atom stereocenters. The summed E-state index contributed by atoms with van der Waals surface area (Å²) in [4.78, 5) is 25.0. The molecule has 162 valence electrons. The minimum atomic E-state index is -0.569. The van der Waals surface area contributed by atoms with E-state index in [1.165, 1.54) is 18.2 Å². The second-order valence-corrected chi connectivity index (χ2v) is 8.08. The number of aromatic nitrogens is 2. The second kappa shape index (κ2) is 8.64. The molecule has 7 heteroatoms. The van der Waals surface area contributed by atoms with Gasteiger partial charge >= 0.3 is 0 Å². The van der Waals surface area contributed by atoms with Gasteiger partial charge in [-0.05, 0) is 42.0 Å². The van der Waals surface area contributed by atoms with Crippen LogP contribution in [0.5, 0.6) is 0 Å². The number of hydrogen-bond acceptors (Lipinski definition) is 4. The molecule has 0 aliphatic carbocycles. The van der Waals surface area contributed by atoms with Crippen LogP contribution in [0.4, 0.5) is 8.78 Å². The highest BCUT2D eigenvalue weighted by Crippen LogP contribution is 2.33. The van der Waals surface area contributed by atoms with E-state index in [1.807, 2.05) is 6.07 Å². The number of fused-ring (bicyclic) bond motifs is 3. The van der Waals surface area contributed by atoms with Crippen molar-refractivity contribution in [1.82, 2.24) is 9.97 Å². The van der Waals surface area contributed by atoms with Gasteiger partial charge in [0.05, 0.1) is 23.5 Å². The molecule has 3 aromatic carbocycles. The lowest BCUT2D eigenvalue weighted by molar-refractivity contribution is 0.111. The van der Waals surface area contributed by atoms with Crippen molar-refractivity contribution in [3.8, 4) is 11.3 Å². The van der Waals surface area contributed by atoms with Crippen molar-refractivity contribution in [2.75, 3.05) is 0 Å². The van der Waals surface area contributed by atoms with E-state index in [0.29, 0.717) is 51.6 Å². The fourth-order valence-electron chi connectivity index (χ4n) is 3.91. The predicted molar refractivity (Wildman–Crippen MR) is 123 cm³/mol. The Kier molecular flexibility index (Phi) is 5.52. The van der Waals surface area contributed by atoms with Crippen molar-refractivity contribution >= 4 is 23.6 Å². The Morgan fingerprint density at radius 3 is 2.61 bits per heavy atom. The normalized spacial score (nSPS) is 12.4. The van der Waals surface area contributed by atoms with Gasteiger partial charge in [-0.2, -0.15) is 0 Å². The van der Waals surface area contributed by atoms with E-state index < -0.39 is 5.82 Å². The van der Waals surface area contributed by atoms with E-state index in [2.05, 4.69) is 9.98 Å². The summed E-state index contributed by atoms with van der Waals surface area (Å²) in [5.41, 5.74) is 4.51. The van der Waals surface area contributed by atoms with Crippen molar-refractivity contribution in [3.05, 3.63) is 117 Å². The Morgan fingerprint density at radius 2 is 1.79 bits per heavy atom. The lowest BCUT2D eigenvalue weighted by atomic mass is 9.95. The van der Waals surface area contributed by atoms with Crippen LogP contribution in [0.2, 0.25) is 5.02 Å². The zero-order valence-electron chi connectivity index (χ0n) is 17.2. The van der Waals surface area contributed by atoms with Crippen LogP contribution >= 0.6 is 11.6 Å². The van der Waals surface area contributed by atoms with Crippen LogP contribution in [-0.4, -0.2) is 22.0 Å². The van der Waals surface area contributed by atoms with Gasteiger partial charge in [0, 0.05) is 39.9 Å². The number of aliphatic imine (C=N–C) groups is 1. The SMILES string of the molecule is O=Cc1cc(Cc2ncc3c(n2)-c2ccc(Cl)cc2C(c2ccccc2F)=NC3)ccc1F. The van der Waals surface area contributed by atoms with E-state index in [0.717, 1.165) is 11.1 Å². The first kappa shape index (κ1) is 21.1. The van der Waals surface area contributed by atoms with Gasteiger partial charge in [-0.15, -0.1) is 0 Å². The average molecular weight is 460 g/mol. The molecule has 1 aliphatic rings. The molecule has 1 aliphatic heterocycles. The summed E-state index contributed by atoms with van der Waals surface area (Å²) in [7, 11) is 0. The average Bonchev–Trinajstić information content (AvgIpc) is 2.97. The van der Waals surface area contributed by atoms with Crippen molar-refractivity contribution in [3.63, 3.8) is 0 Å². The maximum absolute atomic E-state index is 14.6. The summed E-state index contributed by atoms with van der Waals surface area (Å²) < 4.78 is 28.3. The first-order chi connectivity index (χ1) is 16.0. The number of benzene rings is 3. The third kappa shape index (κ3) is 4.05. The van der Waals surface area contributed by atoms with Gasteiger partial charge in [0.15, 0.2) is 6.29 Å². The molecule has 0 fully saturated rings. The van der Waals surface area contributed by atoms with Gasteiger partial charge < -0.3 is 0 Å². The smallest absolute Gasteiger partial charge is 0.153 e. The van der Waals surface area contributed by atoms with Crippen LogP contribution in [0.1, 0.15) is 38.4 Å². The zero-order valence-corrected chi connectivity index (χ0v) is 18.0. The van der Waals surface area contributed by atoms with Crippen LogP contribution in [-0.2, 0) is 13.0 Å². The van der Waals surface area contributed by atoms with E-state index in [4.69, 9.17) is 16.6 Å². The van der Waals surface area contributed by atoms with E-state index in [1.54, 1.807) is 42.6 Å². The first-order valence-corrected chi connectivity index (χ1v) is 10.6. The van der Waals surface area contributed by atoms with Crippen LogP contribution < -0.4 is 0 Å². The van der Waals surface area contributed by atoms with Gasteiger partial charge in [0.1, 0.15) is 17.5 Å². The number of hydrogen-bond donors (Lipinski definition) is 0. The monoisotopic (exact) mass is 459 g/mol. The van der Waals surface area contributed by atoms with Crippen LogP contribution in [0.25, 0.3) is 11.3 Å². The van der Waals surface area contributed by atoms with Crippen molar-refractivity contribution < 1.29 is 13.6 Å². The molecular formula is C26H16ClF2N3O. The highest BCUT2D eigenvalue weighted by atomic mass is 35.5. The number of aldehydes is 1. The summed E-state index contributed by atoms with van der Waals surface area (Å²) in [6, 6.07) is 16.2. The topological polar surface area (TPSA) is 55.2 Å². The van der Waals surface area contributed by atoms with Crippen molar-refractivity contribution in [2.24, 2.45) is 4.99 Å². The van der Waals surface area contributed by atoms with E-state index in [9.17, 15) is 13.6 Å². The quantitative estimate of drug-likeness (QED) is 0.361. The van der Waals surface area contributed by atoms with E-state index >= 15 is 0 Å². The summed E-state index contributed by atoms with van der Waals surface area (Å²) >= 11 is 6.29. The second-order valence-electron chi connectivity index (χ2n) is 7.65. The molecular weight excluding hydrogens is 444 g/mol. The van der Waals surface area contributed by atoms with Crippen molar-refractivity contribution in [2.45, 2.75) is 13.0 Å². The molecule has 4 nitrogen and oxygen atoms in total. The largest absolute Gasteiger partial charge is 0.298 e. The first-order valence-electron chi connectivity index (χ1n) is 10.2. The fourth-order valence-corrected chi connectivity index (χ4v) is 4.08. The minimum Gasteiger partial charge on any atom is -0.298 e. The van der Waals surface area contributed by atoms with Gasteiger partial charge in [-0.25, -0.2) is 18.7 Å². The molecule has 0 amide bonds. The van der Waals surface area contributed by atoms with Crippen LogP contribution in [0.3, 0.4) is 0 Å². The molecule has 0 saturated carbocycles. The molecule has 33 heavy (non-hydrogen) atoms. The third-order valence-electron chi connectivity index (χ3n) is 5.49. The number of halogens is 3. The predicted octanol–water partition coefficient (Wildman–Crippen LogP) is 5.83. The summed E-state index contributed by atoms with van der Waals surface area (Å²) in [6.45, 7) is 0.275. The molecule has 0 unspecified atom stereocenters. The molecule has 4 aromatic rings. The fraction of sp³-hybridized carbons (Fsp3) is 0.0769. The van der Waals surface area contributed by atoms with Gasteiger partial charge in [0.25, 0.3) is 0 Å². The summed E-state index contributed by atoms with van der Waals surface area (Å²) in [6.07, 6.45) is 2.50. The number of carbonyl (C=O) groups excluding carboxylic acids is 1. The van der Waals surface area contributed by atoms with E-state index in [-0.39, 0.29) is 17.9 Å². The molecule has 2 heterocycles. The number of carbonyl (C=O) groups is 1. The van der Waals surface area contributed by atoms with Gasteiger partial charge in [0.2, 0.25) is 0 Å². The Hall–Kier alpha value is -3.77. The highest BCUT2D eigenvalue weighted by Gasteiger charge is 2.23. The Bertz CT molecular complexity index is 1440. The van der Waals surface area contributed by atoms with Crippen LogP contribution in [0, 0.1) is 11.6 Å². The Labute approximate surface area is 193 Å². The number of rotatable bonds is 4. The van der Waals surface area contributed by atoms with Crippen LogP contribution in [0.15, 0.2) is 71.9 Å². The summed E-state index contributed by atoms with van der Waals surface area (Å²) in [5.74, 6) is -0.435. The third-order valence-corrected chi connectivity index (χ3v) is 5.73. The van der Waals surface area contributed by atoms with Gasteiger partial charge in [-0.3, -0.25) is 9.79 Å². The molecule has 0 bridgehead atoms. The minimum absolute atomic E-state index is 0.00910. The van der Waals surface area contributed by atoms with Crippen molar-refractivity contribution in [1.29, 1.82) is 0 Å². The molecule has 0 spiro atoms. The maximum atomic E-state index is 14.6. The lowest BCUT2D eigenvalue weighted by Gasteiger charge is -2.13. The molecule has 5 rings (SSSR count). The lowest BCUT2D eigenvalue weighted by Crippen LogP contribution is -2.07. The van der Waals surface area contributed by atoms with Gasteiger partial charge in [-0.1, -0.05) is 35.9 Å². The molecule has 1 aromatic heterocycles. The molecule has 0 radical (unpaired) electrons. The zero-order chi connectivity index (χ0) is 22.9. The Balaban J connectivity index is 1.61. The summed E-state index contributed by atoms with van der Waals surface area (Å²) in [5, 5.41) is 0.503. The highest BCUT2D eigenvalue weighted by molar-refractivity contribution is 6.31. The standard InChI is InChI=1S/C26H16ClF2N3O/c27-18-6-7-19-21(11-18)26(20-3-1-2-4-23(20)29)31-13-17-12-30-24(32-25(17)19)10-15-5-8-22(28)16(9-15)14-33/h1-9,11-12,14H,10,13H2. The number of nitrogens with zero attached hydrogens (tertiary/aromatic N) is 3. The molecule has 0 N–H and O–H groups in total. The maximum Gasteiger partial charge on any atom is 0.153 e. The molecule has 0 saturated heterocycles. The Morgan fingerprint density at radius 1 is 0.939 bits per heavy atom.